The summed E-state index contributed by atoms with van der Waals surface area (Å²) in [5.41, 5.74) is 33.7. The standard InChI is InChI=1S/C18H12N6.3C4H13N3.6NO3.3Pt/c1-7-19-8-2-13(1)16-22-17(14-3-9-20-10-4-14)24-18(23-16)15-5-11-21-12-6-15;3*5-1-3-7-4-2-6;6*2-1(3)4;;;/h1-12H;3*7H,1-6H2;;;;;;;;;/q;;;;6*-1;3*+2. The molecule has 0 atom stereocenters. The fourth-order valence-corrected chi connectivity index (χ4v) is 3.25. The number of rotatable bonds is 15. The average Bonchev–Trinajstić information content (AvgIpc) is 3.27. The van der Waals surface area contributed by atoms with E-state index >= 15 is 0 Å². The van der Waals surface area contributed by atoms with Gasteiger partial charge in [0.25, 0.3) is 0 Å². The van der Waals surface area contributed by atoms with E-state index in [1.165, 1.54) is 0 Å². The molecule has 39 nitrogen and oxygen atoms in total. The van der Waals surface area contributed by atoms with E-state index < -0.39 is 30.5 Å². The van der Waals surface area contributed by atoms with Gasteiger partial charge in [0.1, 0.15) is 0 Å². The van der Waals surface area contributed by atoms with E-state index in [1.807, 2.05) is 36.4 Å². The van der Waals surface area contributed by atoms with Gasteiger partial charge in [-0.1, -0.05) is 0 Å². The molecule has 0 aliphatic carbocycles. The van der Waals surface area contributed by atoms with Crippen molar-refractivity contribution in [1.29, 1.82) is 0 Å². The first kappa shape index (κ1) is 85.2. The van der Waals surface area contributed by atoms with E-state index in [2.05, 4.69) is 45.9 Å². The molecule has 4 heterocycles. The molecular weight excluding hydrogens is 1530 g/mol. The van der Waals surface area contributed by atoms with Gasteiger partial charge >= 0.3 is 63.2 Å². The van der Waals surface area contributed by atoms with Crippen LogP contribution in [0.25, 0.3) is 34.2 Å². The number of hydrogen-bond donors (Lipinski definition) is 9. The fraction of sp³-hybridized carbons (Fsp3) is 0.400. The van der Waals surface area contributed by atoms with Gasteiger partial charge in [0, 0.05) is 132 Å². The number of pyridine rings is 3. The Bertz CT molecular complexity index is 1560. The SMILES string of the molecule is NCCNCCN.NCCNCCN.NCCNCCN.O=[N+]([O-])[O-].O=[N+]([O-])[O-].O=[N+]([O-])[O-].O=[N+]([O-])[O-].O=[N+]([O-])[O-].O=[N+]([O-])[O-].[Pt+2].[Pt+2].[Pt+2].c1cc(-c2nc(-c3ccncc3)nc(-c3ccncc3)n2)ccn1. The number of nitrogens with two attached hydrogens (primary N) is 6. The van der Waals surface area contributed by atoms with Gasteiger partial charge in [-0.15, -0.1) is 0 Å². The predicted octanol–water partition coefficient (Wildman–Crippen LogP) is -2.90. The summed E-state index contributed by atoms with van der Waals surface area (Å²) in [4.78, 5) is 75.5. The fourth-order valence-electron chi connectivity index (χ4n) is 3.25. The molecule has 0 amide bonds. The molecule has 15 N–H and O–H groups in total. The molecular formula is C30H51N21O18Pt3. The zero-order valence-electron chi connectivity index (χ0n) is 37.0. The minimum absolute atomic E-state index is 0. The molecule has 0 aliphatic heterocycles. The van der Waals surface area contributed by atoms with Crippen molar-refractivity contribution in [3.63, 3.8) is 0 Å². The summed E-state index contributed by atoms with van der Waals surface area (Å²) >= 11 is 0. The molecule has 0 bridgehead atoms. The number of aromatic nitrogens is 6. The van der Waals surface area contributed by atoms with Crippen LogP contribution in [-0.4, -0.2) is 139 Å². The van der Waals surface area contributed by atoms with Gasteiger partial charge in [0.2, 0.25) is 0 Å². The Morgan fingerprint density at radius 2 is 0.444 bits per heavy atom. The molecule has 4 aromatic heterocycles. The van der Waals surface area contributed by atoms with E-state index in [4.69, 9.17) is 126 Å². The molecule has 0 aliphatic rings. The summed E-state index contributed by atoms with van der Waals surface area (Å²) < 4.78 is 0. The molecule has 42 heteroatoms. The number of hydrogen-bond acceptors (Lipinski definition) is 33. The Labute approximate surface area is 450 Å². The molecule has 0 saturated heterocycles. The third kappa shape index (κ3) is 86.5. The Morgan fingerprint density at radius 1 is 0.319 bits per heavy atom. The van der Waals surface area contributed by atoms with Crippen LogP contribution < -0.4 is 50.4 Å². The Balaban J connectivity index is -0.0000000994. The van der Waals surface area contributed by atoms with E-state index in [-0.39, 0.29) is 63.2 Å². The second-order valence-corrected chi connectivity index (χ2v) is 10.3. The molecule has 4 rings (SSSR count). The first-order valence-corrected chi connectivity index (χ1v) is 18.2. The van der Waals surface area contributed by atoms with Crippen molar-refractivity contribution in [3.8, 4) is 34.2 Å². The summed E-state index contributed by atoms with van der Waals surface area (Å²) in [6.45, 7) is 9.40. The Morgan fingerprint density at radius 3 is 0.556 bits per heavy atom. The van der Waals surface area contributed by atoms with Crippen LogP contribution in [0.4, 0.5) is 0 Å². The van der Waals surface area contributed by atoms with Crippen LogP contribution >= 0.6 is 0 Å². The van der Waals surface area contributed by atoms with Crippen LogP contribution in [0.3, 0.4) is 0 Å². The number of nitrogens with one attached hydrogen (secondary N) is 3. The third-order valence-electron chi connectivity index (χ3n) is 5.38. The minimum Gasteiger partial charge on any atom is -0.356 e. The normalized spacial score (nSPS) is 8.25. The summed E-state index contributed by atoms with van der Waals surface area (Å²) in [5, 5.41) is 97.6. The smallest absolute Gasteiger partial charge is 0.356 e. The molecule has 0 saturated carbocycles. The van der Waals surface area contributed by atoms with Crippen molar-refractivity contribution >= 4 is 0 Å². The van der Waals surface area contributed by atoms with Crippen molar-refractivity contribution in [2.24, 2.45) is 34.4 Å². The second-order valence-electron chi connectivity index (χ2n) is 10.3. The van der Waals surface area contributed by atoms with Crippen molar-refractivity contribution < 1.29 is 93.7 Å². The van der Waals surface area contributed by atoms with E-state index in [1.54, 1.807) is 37.2 Å². The number of nitrogens with zero attached hydrogens (tertiary/aromatic N) is 12. The van der Waals surface area contributed by atoms with E-state index in [9.17, 15) is 0 Å². The molecule has 0 unspecified atom stereocenters. The summed E-state index contributed by atoms with van der Waals surface area (Å²) in [5.74, 6) is 1.81. The van der Waals surface area contributed by atoms with Crippen LogP contribution in [0, 0.1) is 91.9 Å². The van der Waals surface area contributed by atoms with E-state index in [0.29, 0.717) is 56.7 Å². The molecule has 4 aromatic rings. The predicted molar refractivity (Wildman–Crippen MR) is 245 cm³/mol. The summed E-state index contributed by atoms with van der Waals surface area (Å²) in [6, 6.07) is 11.3. The van der Waals surface area contributed by atoms with Gasteiger partial charge in [-0.05, 0) is 36.4 Å². The average molecular weight is 1580 g/mol. The summed E-state index contributed by atoms with van der Waals surface area (Å²) in [6.07, 6.45) is 10.3. The Hall–Kier alpha value is -6.64. The second kappa shape index (κ2) is 66.4. The maximum atomic E-state index is 8.25. The topological polar surface area (TPSA) is 667 Å². The summed E-state index contributed by atoms with van der Waals surface area (Å²) in [7, 11) is 0. The quantitative estimate of drug-likeness (QED) is 0.0327. The third-order valence-corrected chi connectivity index (χ3v) is 5.38. The molecule has 414 valence electrons. The van der Waals surface area contributed by atoms with Crippen LogP contribution in [0.15, 0.2) is 73.6 Å². The van der Waals surface area contributed by atoms with E-state index in [0.717, 1.165) is 56.0 Å². The van der Waals surface area contributed by atoms with Crippen LogP contribution in [-0.2, 0) is 63.2 Å². The molecule has 0 fully saturated rings. The van der Waals surface area contributed by atoms with Gasteiger partial charge in [-0.3, -0.25) is 15.0 Å². The zero-order valence-corrected chi connectivity index (χ0v) is 43.9. The van der Waals surface area contributed by atoms with Crippen LogP contribution in [0.2, 0.25) is 0 Å². The maximum Gasteiger partial charge on any atom is 2.00 e. The first-order valence-electron chi connectivity index (χ1n) is 18.2. The molecule has 0 radical (unpaired) electrons. The van der Waals surface area contributed by atoms with Crippen molar-refractivity contribution in [2.75, 3.05) is 78.5 Å². The maximum absolute atomic E-state index is 8.25. The van der Waals surface area contributed by atoms with Crippen molar-refractivity contribution in [3.05, 3.63) is 166 Å². The van der Waals surface area contributed by atoms with Gasteiger partial charge < -0.3 is 142 Å². The largest absolute Gasteiger partial charge is 2.00 e. The van der Waals surface area contributed by atoms with Crippen LogP contribution in [0.5, 0.6) is 0 Å². The van der Waals surface area contributed by atoms with Crippen molar-refractivity contribution in [2.45, 2.75) is 0 Å². The first-order chi connectivity index (χ1) is 32.5. The Kier molecular flexibility index (Phi) is 78.7. The zero-order chi connectivity index (χ0) is 54.3. The van der Waals surface area contributed by atoms with Gasteiger partial charge in [-0.2, -0.15) is 0 Å². The van der Waals surface area contributed by atoms with Gasteiger partial charge in [0.05, 0.1) is 30.5 Å². The van der Waals surface area contributed by atoms with Crippen molar-refractivity contribution in [1.82, 2.24) is 45.9 Å². The monoisotopic (exact) mass is 1580 g/mol. The van der Waals surface area contributed by atoms with Gasteiger partial charge in [-0.25, -0.2) is 15.0 Å². The van der Waals surface area contributed by atoms with Gasteiger partial charge in [0.15, 0.2) is 17.5 Å². The molecule has 72 heavy (non-hydrogen) atoms. The van der Waals surface area contributed by atoms with Crippen LogP contribution in [0.1, 0.15) is 0 Å². The molecule has 0 aromatic carbocycles. The minimum atomic E-state index is -1.75. The molecule has 0 spiro atoms.